The van der Waals surface area contributed by atoms with Gasteiger partial charge in [0.2, 0.25) is 0 Å². The molecule has 0 aromatic rings. The summed E-state index contributed by atoms with van der Waals surface area (Å²) in [5, 5.41) is 3.34. The molecule has 0 amide bonds. The number of hydrogen-bond acceptors (Lipinski definition) is 3. The number of fused-ring (bicyclic) bond motifs is 2. The van der Waals surface area contributed by atoms with Crippen molar-refractivity contribution in [1.82, 2.24) is 15.1 Å². The van der Waals surface area contributed by atoms with Crippen LogP contribution in [0.4, 0.5) is 0 Å². The van der Waals surface area contributed by atoms with Crippen LogP contribution < -0.4 is 5.32 Å². The van der Waals surface area contributed by atoms with Crippen LogP contribution in [0.15, 0.2) is 11.1 Å². The third-order valence-corrected chi connectivity index (χ3v) is 4.97. The summed E-state index contributed by atoms with van der Waals surface area (Å²) >= 11 is 0. The molecular weight excluding hydrogens is 210 g/mol. The van der Waals surface area contributed by atoms with E-state index in [9.17, 15) is 0 Å². The summed E-state index contributed by atoms with van der Waals surface area (Å²) in [6.45, 7) is 8.36. The van der Waals surface area contributed by atoms with Crippen LogP contribution in [0.1, 0.15) is 26.2 Å². The third kappa shape index (κ3) is 2.28. The van der Waals surface area contributed by atoms with Gasteiger partial charge in [0, 0.05) is 44.8 Å². The van der Waals surface area contributed by atoms with Crippen molar-refractivity contribution in [2.24, 2.45) is 0 Å². The van der Waals surface area contributed by atoms with Crippen molar-refractivity contribution in [2.75, 3.05) is 39.8 Å². The Bertz CT molecular complexity index is 317. The molecule has 1 N–H and O–H groups in total. The van der Waals surface area contributed by atoms with E-state index in [4.69, 9.17) is 0 Å². The molecule has 3 heterocycles. The molecule has 0 radical (unpaired) electrons. The molecule has 0 aliphatic carbocycles. The van der Waals surface area contributed by atoms with Gasteiger partial charge in [-0.1, -0.05) is 5.57 Å². The highest BCUT2D eigenvalue weighted by atomic mass is 15.3. The van der Waals surface area contributed by atoms with Crippen LogP contribution in [0.25, 0.3) is 0 Å². The fourth-order valence-corrected chi connectivity index (χ4v) is 3.52. The Morgan fingerprint density at radius 1 is 1.24 bits per heavy atom. The molecule has 0 saturated carbocycles. The minimum atomic E-state index is 0.819. The van der Waals surface area contributed by atoms with Gasteiger partial charge in [-0.05, 0) is 38.8 Å². The van der Waals surface area contributed by atoms with Crippen LogP contribution in [0.3, 0.4) is 0 Å². The monoisotopic (exact) mass is 235 g/mol. The van der Waals surface area contributed by atoms with E-state index in [1.165, 1.54) is 38.9 Å². The smallest absolute Gasteiger partial charge is 0.0223 e. The van der Waals surface area contributed by atoms with E-state index in [2.05, 4.69) is 29.1 Å². The normalized spacial score (nSPS) is 34.6. The zero-order chi connectivity index (χ0) is 11.8. The largest absolute Gasteiger partial charge is 0.309 e. The van der Waals surface area contributed by atoms with Crippen molar-refractivity contribution < 1.29 is 0 Å². The van der Waals surface area contributed by atoms with Gasteiger partial charge in [0.1, 0.15) is 0 Å². The second kappa shape index (κ2) is 4.71. The van der Waals surface area contributed by atoms with Crippen molar-refractivity contribution in [2.45, 2.75) is 38.3 Å². The summed E-state index contributed by atoms with van der Waals surface area (Å²) in [7, 11) is 2.33. The Labute approximate surface area is 105 Å². The zero-order valence-electron chi connectivity index (χ0n) is 11.2. The minimum Gasteiger partial charge on any atom is -0.309 e. The molecule has 3 heteroatoms. The molecule has 0 aromatic heterocycles. The molecule has 3 aliphatic rings. The molecule has 17 heavy (non-hydrogen) atoms. The van der Waals surface area contributed by atoms with Crippen LogP contribution in [-0.4, -0.2) is 61.7 Å². The summed E-state index contributed by atoms with van der Waals surface area (Å²) in [6.07, 6.45) is 4.21. The standard InChI is InChI=1S/C14H25N3/c1-11(12-7-15-8-12)9-17-6-5-13-3-4-14(10-17)16(13)2/h13-15H,3-10H2,1-2H3. The lowest BCUT2D eigenvalue weighted by molar-refractivity contribution is 0.226. The molecule has 3 aliphatic heterocycles. The molecule has 3 rings (SSSR count). The van der Waals surface area contributed by atoms with Crippen molar-refractivity contribution in [3.05, 3.63) is 11.1 Å². The zero-order valence-corrected chi connectivity index (χ0v) is 11.2. The molecule has 2 unspecified atom stereocenters. The van der Waals surface area contributed by atoms with Crippen molar-refractivity contribution in [1.29, 1.82) is 0 Å². The summed E-state index contributed by atoms with van der Waals surface area (Å²) in [5.41, 5.74) is 3.26. The predicted molar refractivity (Wildman–Crippen MR) is 71.2 cm³/mol. The number of likely N-dealkylation sites (N-methyl/N-ethyl adjacent to an activating group) is 1. The lowest BCUT2D eigenvalue weighted by atomic mass is 10.0. The first-order valence-corrected chi connectivity index (χ1v) is 7.06. The summed E-state index contributed by atoms with van der Waals surface area (Å²) in [4.78, 5) is 5.31. The second-order valence-electron chi connectivity index (χ2n) is 6.06. The highest BCUT2D eigenvalue weighted by Gasteiger charge is 2.34. The summed E-state index contributed by atoms with van der Waals surface area (Å²) in [5.74, 6) is 0. The number of rotatable bonds is 2. The van der Waals surface area contributed by atoms with Gasteiger partial charge in [-0.25, -0.2) is 0 Å². The van der Waals surface area contributed by atoms with E-state index in [1.807, 2.05) is 0 Å². The van der Waals surface area contributed by atoms with Gasteiger partial charge in [-0.15, -0.1) is 0 Å². The molecule has 0 aromatic carbocycles. The molecular formula is C14H25N3. The third-order valence-electron chi connectivity index (χ3n) is 4.97. The van der Waals surface area contributed by atoms with Crippen LogP contribution in [-0.2, 0) is 0 Å². The molecule has 96 valence electrons. The molecule has 3 fully saturated rings. The van der Waals surface area contributed by atoms with Gasteiger partial charge in [0.15, 0.2) is 0 Å². The Kier molecular flexibility index (Phi) is 3.24. The Hall–Kier alpha value is -0.380. The van der Waals surface area contributed by atoms with Crippen LogP contribution >= 0.6 is 0 Å². The molecule has 3 nitrogen and oxygen atoms in total. The van der Waals surface area contributed by atoms with Gasteiger partial charge in [0.25, 0.3) is 0 Å². The number of nitrogens with one attached hydrogen (secondary N) is 1. The van der Waals surface area contributed by atoms with Crippen LogP contribution in [0, 0.1) is 0 Å². The minimum absolute atomic E-state index is 0.819. The Morgan fingerprint density at radius 3 is 2.71 bits per heavy atom. The van der Waals surface area contributed by atoms with E-state index >= 15 is 0 Å². The van der Waals surface area contributed by atoms with Crippen LogP contribution in [0.2, 0.25) is 0 Å². The summed E-state index contributed by atoms with van der Waals surface area (Å²) < 4.78 is 0. The quantitative estimate of drug-likeness (QED) is 0.723. The van der Waals surface area contributed by atoms with Crippen molar-refractivity contribution in [3.8, 4) is 0 Å². The Morgan fingerprint density at radius 2 is 2.00 bits per heavy atom. The van der Waals surface area contributed by atoms with Gasteiger partial charge in [-0.2, -0.15) is 0 Å². The molecule has 2 bridgehead atoms. The maximum atomic E-state index is 3.34. The van der Waals surface area contributed by atoms with E-state index in [-0.39, 0.29) is 0 Å². The predicted octanol–water partition coefficient (Wildman–Crippen LogP) is 1.07. The maximum Gasteiger partial charge on any atom is 0.0223 e. The van der Waals surface area contributed by atoms with E-state index in [0.29, 0.717) is 0 Å². The van der Waals surface area contributed by atoms with E-state index < -0.39 is 0 Å². The SMILES string of the molecule is CC(CN1CCC2CCC(C1)N2C)=C1CNC1. The highest BCUT2D eigenvalue weighted by molar-refractivity contribution is 5.22. The summed E-state index contributed by atoms with van der Waals surface area (Å²) in [6, 6.07) is 1.68. The first kappa shape index (κ1) is 11.7. The van der Waals surface area contributed by atoms with Crippen molar-refractivity contribution >= 4 is 0 Å². The van der Waals surface area contributed by atoms with Gasteiger partial charge in [-0.3, -0.25) is 9.80 Å². The first-order chi connectivity index (χ1) is 8.24. The maximum absolute atomic E-state index is 3.34. The van der Waals surface area contributed by atoms with Gasteiger partial charge < -0.3 is 5.32 Å². The lowest BCUT2D eigenvalue weighted by Gasteiger charge is -2.29. The number of nitrogens with zero attached hydrogens (tertiary/aromatic N) is 2. The highest BCUT2D eigenvalue weighted by Crippen LogP contribution is 2.28. The Balaban J connectivity index is 1.61. The average Bonchev–Trinajstić information content (AvgIpc) is 2.43. The van der Waals surface area contributed by atoms with Crippen LogP contribution in [0.5, 0.6) is 0 Å². The topological polar surface area (TPSA) is 18.5 Å². The average molecular weight is 235 g/mol. The lowest BCUT2D eigenvalue weighted by Crippen LogP contribution is -2.39. The van der Waals surface area contributed by atoms with Gasteiger partial charge >= 0.3 is 0 Å². The van der Waals surface area contributed by atoms with Crippen molar-refractivity contribution in [3.63, 3.8) is 0 Å². The van der Waals surface area contributed by atoms with E-state index in [1.54, 1.807) is 11.1 Å². The molecule has 3 saturated heterocycles. The van der Waals surface area contributed by atoms with E-state index in [0.717, 1.165) is 25.2 Å². The van der Waals surface area contributed by atoms with Gasteiger partial charge in [0.05, 0.1) is 0 Å². The fraction of sp³-hybridized carbons (Fsp3) is 0.857. The second-order valence-corrected chi connectivity index (χ2v) is 6.06. The fourth-order valence-electron chi connectivity index (χ4n) is 3.52. The molecule has 0 spiro atoms. The molecule has 2 atom stereocenters. The number of hydrogen-bond donors (Lipinski definition) is 1. The first-order valence-electron chi connectivity index (χ1n) is 7.06. The number of likely N-dealkylation sites (tertiary alicyclic amines) is 1.